The number of amides is 1. The van der Waals surface area contributed by atoms with Crippen molar-refractivity contribution < 1.29 is 24.2 Å². The number of anilines is 1. The number of nitrogens with zero attached hydrogens (tertiary/aromatic N) is 2. The van der Waals surface area contributed by atoms with Crippen LogP contribution in [0, 0.1) is 5.92 Å². The van der Waals surface area contributed by atoms with Gasteiger partial charge in [-0.25, -0.2) is 4.98 Å². The first kappa shape index (κ1) is 25.0. The third-order valence-corrected chi connectivity index (χ3v) is 8.01. The number of carbonyl (C=O) groups excluding carboxylic acids is 2. The molecule has 0 spiro atoms. The average Bonchev–Trinajstić information content (AvgIpc) is 3.62. The largest absolute Gasteiger partial charge is 0.503 e. The molecule has 37 heavy (non-hydrogen) atoms. The maximum Gasteiger partial charge on any atom is 0.296 e. The summed E-state index contributed by atoms with van der Waals surface area (Å²) in [4.78, 5) is 33.6. The van der Waals surface area contributed by atoms with E-state index >= 15 is 0 Å². The van der Waals surface area contributed by atoms with Gasteiger partial charge in [-0.05, 0) is 59.7 Å². The summed E-state index contributed by atoms with van der Waals surface area (Å²) >= 11 is 2.56. The fourth-order valence-corrected chi connectivity index (χ4v) is 5.90. The smallest absolute Gasteiger partial charge is 0.296 e. The van der Waals surface area contributed by atoms with E-state index in [-0.39, 0.29) is 11.4 Å². The molecule has 1 aliphatic rings. The zero-order chi connectivity index (χ0) is 26.1. The van der Waals surface area contributed by atoms with Crippen LogP contribution in [0.3, 0.4) is 0 Å². The van der Waals surface area contributed by atoms with Gasteiger partial charge in [-0.2, -0.15) is 0 Å². The lowest BCUT2D eigenvalue weighted by Gasteiger charge is -2.24. The molecule has 2 aromatic heterocycles. The molecule has 1 amide bonds. The van der Waals surface area contributed by atoms with E-state index < -0.39 is 17.7 Å². The van der Waals surface area contributed by atoms with Gasteiger partial charge in [-0.15, -0.1) is 11.3 Å². The Kier molecular flexibility index (Phi) is 6.99. The zero-order valence-electron chi connectivity index (χ0n) is 20.6. The third-order valence-electron chi connectivity index (χ3n) is 6.13. The first-order valence-corrected chi connectivity index (χ1v) is 13.6. The number of rotatable bonds is 9. The molecular formula is C28H26N2O5S2. The van der Waals surface area contributed by atoms with E-state index in [1.807, 2.05) is 36.4 Å². The van der Waals surface area contributed by atoms with E-state index in [0.29, 0.717) is 45.1 Å². The Morgan fingerprint density at radius 1 is 1.14 bits per heavy atom. The van der Waals surface area contributed by atoms with E-state index in [4.69, 9.17) is 9.47 Å². The van der Waals surface area contributed by atoms with Gasteiger partial charge < -0.3 is 14.6 Å². The summed E-state index contributed by atoms with van der Waals surface area (Å²) in [6, 6.07) is 15.4. The minimum Gasteiger partial charge on any atom is -0.503 e. The highest BCUT2D eigenvalue weighted by atomic mass is 32.1. The molecule has 5 rings (SSSR count). The Labute approximate surface area is 222 Å². The average molecular weight is 535 g/mol. The second-order valence-corrected chi connectivity index (χ2v) is 11.0. The van der Waals surface area contributed by atoms with Gasteiger partial charge in [0.2, 0.25) is 5.78 Å². The number of aromatic nitrogens is 1. The van der Waals surface area contributed by atoms with Crippen LogP contribution in [0.4, 0.5) is 5.13 Å². The summed E-state index contributed by atoms with van der Waals surface area (Å²) in [5.41, 5.74) is 1.37. The third kappa shape index (κ3) is 4.84. The SMILES string of the molecule is COc1ccc2nc(N3C(=O)C(O)=C(C(=O)c4cccs4)C3c3cccc(OCCC(C)C)c3)sc2c1. The summed E-state index contributed by atoms with van der Waals surface area (Å²) in [6.07, 6.45) is 0.899. The van der Waals surface area contributed by atoms with Crippen molar-refractivity contribution in [3.8, 4) is 11.5 Å². The predicted octanol–water partition coefficient (Wildman–Crippen LogP) is 6.57. The van der Waals surface area contributed by atoms with E-state index in [1.54, 1.807) is 30.7 Å². The van der Waals surface area contributed by atoms with Crippen LogP contribution in [0.2, 0.25) is 0 Å². The summed E-state index contributed by atoms with van der Waals surface area (Å²) in [5.74, 6) is 0.191. The van der Waals surface area contributed by atoms with Crippen LogP contribution in [0.15, 0.2) is 71.3 Å². The predicted molar refractivity (Wildman–Crippen MR) is 146 cm³/mol. The van der Waals surface area contributed by atoms with Crippen molar-refractivity contribution in [2.75, 3.05) is 18.6 Å². The Hall–Kier alpha value is -3.69. The highest BCUT2D eigenvalue weighted by molar-refractivity contribution is 7.22. The minimum absolute atomic E-state index is 0.0311. The van der Waals surface area contributed by atoms with Gasteiger partial charge in [-0.3, -0.25) is 14.5 Å². The van der Waals surface area contributed by atoms with Crippen LogP contribution >= 0.6 is 22.7 Å². The number of hydrogen-bond acceptors (Lipinski definition) is 8. The van der Waals surface area contributed by atoms with E-state index in [0.717, 1.165) is 11.1 Å². The van der Waals surface area contributed by atoms with E-state index in [2.05, 4.69) is 18.8 Å². The molecule has 1 aliphatic heterocycles. The standard InChI is InChI=1S/C28H26N2O5S2/c1-16(2)11-12-35-19-7-4-6-17(14-19)24-23(25(31)21-8-5-13-36-21)26(32)27(33)30(24)28-29-20-10-9-18(34-3)15-22(20)37-28/h4-10,13-16,24,32H,11-12H2,1-3H3. The molecule has 4 aromatic rings. The molecule has 0 bridgehead atoms. The molecule has 1 N–H and O–H groups in total. The maximum absolute atomic E-state index is 13.6. The van der Waals surface area contributed by atoms with Crippen molar-refractivity contribution in [2.24, 2.45) is 5.92 Å². The fraction of sp³-hybridized carbons (Fsp3) is 0.250. The Balaban J connectivity index is 1.60. The molecule has 0 radical (unpaired) electrons. The van der Waals surface area contributed by atoms with Gasteiger partial charge in [0.15, 0.2) is 10.9 Å². The lowest BCUT2D eigenvalue weighted by molar-refractivity contribution is -0.117. The Morgan fingerprint density at radius 3 is 2.70 bits per heavy atom. The highest BCUT2D eigenvalue weighted by Crippen LogP contribution is 2.45. The number of benzene rings is 2. The molecule has 2 aromatic carbocycles. The number of Topliss-reactive ketones (excluding diaryl/α,β-unsaturated/α-hetero) is 1. The van der Waals surface area contributed by atoms with Crippen molar-refractivity contribution in [1.29, 1.82) is 0 Å². The summed E-state index contributed by atoms with van der Waals surface area (Å²) < 4.78 is 12.1. The monoisotopic (exact) mass is 534 g/mol. The number of methoxy groups -OCH3 is 1. The molecule has 1 unspecified atom stereocenters. The topological polar surface area (TPSA) is 89.0 Å². The van der Waals surface area contributed by atoms with Crippen LogP contribution in [0.5, 0.6) is 11.5 Å². The number of ketones is 1. The number of thiazole rings is 1. The van der Waals surface area contributed by atoms with Crippen LogP contribution in [-0.2, 0) is 4.79 Å². The summed E-state index contributed by atoms with van der Waals surface area (Å²) in [6.45, 7) is 4.81. The van der Waals surface area contributed by atoms with Gasteiger partial charge in [0.1, 0.15) is 11.5 Å². The van der Waals surface area contributed by atoms with Gasteiger partial charge in [-0.1, -0.05) is 43.4 Å². The normalized spacial score (nSPS) is 15.7. The molecule has 0 saturated heterocycles. The second-order valence-electron chi connectivity index (χ2n) is 9.08. The molecule has 7 nitrogen and oxygen atoms in total. The van der Waals surface area contributed by atoms with Crippen molar-refractivity contribution in [3.63, 3.8) is 0 Å². The number of aliphatic hydroxyl groups is 1. The number of ether oxygens (including phenoxy) is 2. The molecule has 1 atom stereocenters. The van der Waals surface area contributed by atoms with Gasteiger partial charge in [0.05, 0.1) is 40.4 Å². The van der Waals surface area contributed by atoms with Crippen LogP contribution in [-0.4, -0.2) is 35.5 Å². The molecule has 0 fully saturated rings. The molecular weight excluding hydrogens is 508 g/mol. The summed E-state index contributed by atoms with van der Waals surface area (Å²) in [5, 5.41) is 13.2. The van der Waals surface area contributed by atoms with Gasteiger partial charge >= 0.3 is 0 Å². The van der Waals surface area contributed by atoms with Gasteiger partial charge in [0, 0.05) is 0 Å². The Bertz CT molecular complexity index is 1490. The van der Waals surface area contributed by atoms with Crippen molar-refractivity contribution in [3.05, 3.63) is 81.8 Å². The van der Waals surface area contributed by atoms with Gasteiger partial charge in [0.25, 0.3) is 5.91 Å². The number of thiophene rings is 1. The highest BCUT2D eigenvalue weighted by Gasteiger charge is 2.46. The molecule has 9 heteroatoms. The molecule has 0 saturated carbocycles. The number of fused-ring (bicyclic) bond motifs is 1. The number of aliphatic hydroxyl groups excluding tert-OH is 1. The fourth-order valence-electron chi connectivity index (χ4n) is 4.20. The Morgan fingerprint density at radius 2 is 1.97 bits per heavy atom. The first-order valence-electron chi connectivity index (χ1n) is 11.9. The molecule has 3 heterocycles. The van der Waals surface area contributed by atoms with Crippen LogP contribution in [0.1, 0.15) is 41.5 Å². The minimum atomic E-state index is -0.863. The lowest BCUT2D eigenvalue weighted by Crippen LogP contribution is -2.30. The summed E-state index contributed by atoms with van der Waals surface area (Å²) in [7, 11) is 1.59. The van der Waals surface area contributed by atoms with E-state index in [1.165, 1.54) is 27.6 Å². The quantitative estimate of drug-likeness (QED) is 0.244. The number of carbonyl (C=O) groups is 2. The zero-order valence-corrected chi connectivity index (χ0v) is 22.3. The van der Waals surface area contributed by atoms with Crippen molar-refractivity contribution in [1.82, 2.24) is 4.98 Å². The van der Waals surface area contributed by atoms with E-state index in [9.17, 15) is 14.7 Å². The van der Waals surface area contributed by atoms with Crippen LogP contribution in [0.25, 0.3) is 10.2 Å². The van der Waals surface area contributed by atoms with Crippen molar-refractivity contribution >= 4 is 49.7 Å². The second kappa shape index (κ2) is 10.4. The first-order chi connectivity index (χ1) is 17.9. The maximum atomic E-state index is 13.6. The van der Waals surface area contributed by atoms with Crippen LogP contribution < -0.4 is 14.4 Å². The molecule has 190 valence electrons. The lowest BCUT2D eigenvalue weighted by atomic mass is 9.95. The number of hydrogen-bond donors (Lipinski definition) is 1. The van der Waals surface area contributed by atoms with Crippen molar-refractivity contribution in [2.45, 2.75) is 26.3 Å². The molecule has 0 aliphatic carbocycles.